The first-order chi connectivity index (χ1) is 48.4. The molecule has 0 aromatic heterocycles. The van der Waals surface area contributed by atoms with E-state index in [4.69, 9.17) is 37.0 Å². The lowest BCUT2D eigenvalue weighted by molar-refractivity contribution is -0.161. The summed E-state index contributed by atoms with van der Waals surface area (Å²) in [6.07, 6.45) is 62.3. The van der Waals surface area contributed by atoms with Gasteiger partial charge in [0.15, 0.2) is 12.2 Å². The van der Waals surface area contributed by atoms with E-state index in [1.165, 1.54) is 244 Å². The van der Waals surface area contributed by atoms with Crippen molar-refractivity contribution in [3.8, 4) is 0 Å². The molecule has 594 valence electrons. The molecule has 0 saturated carbocycles. The summed E-state index contributed by atoms with van der Waals surface area (Å²) in [6, 6.07) is 0. The standard InChI is InChI=1S/C81H158O17P2/c1-7-9-11-13-15-17-19-20-28-35-41-47-53-59-65-80(85)97-76(69-91-78(83)63-57-51-45-39-31-18-16-14-12-10-8-2)71-95-99(87,88)93-67-75(82)68-94-100(89,90)96-72-77(70-92-79(84)64-58-52-46-40-34-29-25-24-27-33-38-44-50-56-62-74(5)6)98-81(86)66-60-54-48-42-36-30-23-21-22-26-32-37-43-49-55-61-73(3)4/h73-77,82H,7-72H2,1-6H3,(H,87,88)(H,89,90)/t75-,76+,77+/m0/s1. The molecule has 0 aromatic rings. The van der Waals surface area contributed by atoms with Crippen molar-refractivity contribution in [2.45, 2.75) is 445 Å². The van der Waals surface area contributed by atoms with Gasteiger partial charge >= 0.3 is 39.5 Å². The zero-order valence-electron chi connectivity index (χ0n) is 65.5. The van der Waals surface area contributed by atoms with Crippen LogP contribution in [0.4, 0.5) is 0 Å². The predicted molar refractivity (Wildman–Crippen MR) is 409 cm³/mol. The number of carbonyl (C=O) groups is 4. The van der Waals surface area contributed by atoms with E-state index in [1.54, 1.807) is 0 Å². The van der Waals surface area contributed by atoms with Gasteiger partial charge in [-0.2, -0.15) is 0 Å². The fourth-order valence-electron chi connectivity index (χ4n) is 12.5. The van der Waals surface area contributed by atoms with E-state index in [2.05, 4.69) is 41.5 Å². The fraction of sp³-hybridized carbons (Fsp3) is 0.951. The maximum atomic E-state index is 13.1. The number of rotatable bonds is 80. The van der Waals surface area contributed by atoms with Crippen LogP contribution >= 0.6 is 15.6 Å². The van der Waals surface area contributed by atoms with E-state index in [-0.39, 0.29) is 25.7 Å². The molecule has 0 bridgehead atoms. The van der Waals surface area contributed by atoms with Gasteiger partial charge in [0.05, 0.1) is 26.4 Å². The molecule has 0 aliphatic carbocycles. The van der Waals surface area contributed by atoms with Crippen LogP contribution in [0.5, 0.6) is 0 Å². The smallest absolute Gasteiger partial charge is 0.462 e. The molecule has 0 aliphatic heterocycles. The quantitative estimate of drug-likeness (QED) is 0.0222. The largest absolute Gasteiger partial charge is 0.472 e. The van der Waals surface area contributed by atoms with Gasteiger partial charge in [-0.3, -0.25) is 37.3 Å². The lowest BCUT2D eigenvalue weighted by Gasteiger charge is -2.21. The van der Waals surface area contributed by atoms with Crippen molar-refractivity contribution in [2.24, 2.45) is 11.8 Å². The predicted octanol–water partition coefficient (Wildman–Crippen LogP) is 24.3. The summed E-state index contributed by atoms with van der Waals surface area (Å²) >= 11 is 0. The first kappa shape index (κ1) is 98.1. The molecule has 3 N–H and O–H groups in total. The average Bonchev–Trinajstić information content (AvgIpc) is 1.27. The molecule has 0 aliphatic rings. The van der Waals surface area contributed by atoms with Crippen LogP contribution in [0.15, 0.2) is 0 Å². The maximum absolute atomic E-state index is 13.1. The van der Waals surface area contributed by atoms with E-state index in [9.17, 15) is 43.2 Å². The van der Waals surface area contributed by atoms with Crippen molar-refractivity contribution in [2.75, 3.05) is 39.6 Å². The SMILES string of the molecule is CCCCCCCCCCCCCCCCC(=O)O[C@H](COC(=O)CCCCCCCCCCCCC)COP(=O)(O)OC[C@H](O)COP(=O)(O)OC[C@@H](COC(=O)CCCCCCCCCCCCCCCCC(C)C)OC(=O)CCCCCCCCCCCCCCCCCC(C)C. The number of phosphoric acid groups is 2. The van der Waals surface area contributed by atoms with E-state index < -0.39 is 97.5 Å². The number of carbonyl (C=O) groups excluding carboxylic acids is 4. The second kappa shape index (κ2) is 72.6. The third-order valence-corrected chi connectivity index (χ3v) is 20.9. The van der Waals surface area contributed by atoms with Crippen LogP contribution in [0, 0.1) is 11.8 Å². The molecule has 0 amide bonds. The van der Waals surface area contributed by atoms with E-state index in [0.717, 1.165) is 102 Å². The molecule has 0 saturated heterocycles. The van der Waals surface area contributed by atoms with Crippen molar-refractivity contribution in [1.29, 1.82) is 0 Å². The Morgan fingerprint density at radius 2 is 0.460 bits per heavy atom. The molecule has 0 aromatic carbocycles. The van der Waals surface area contributed by atoms with Gasteiger partial charge in [0.2, 0.25) is 0 Å². The summed E-state index contributed by atoms with van der Waals surface area (Å²) in [6.45, 7) is 9.69. The highest BCUT2D eigenvalue weighted by atomic mass is 31.2. The Balaban J connectivity index is 5.25. The van der Waals surface area contributed by atoms with Gasteiger partial charge in [0.25, 0.3) is 0 Å². The second-order valence-corrected chi connectivity index (χ2v) is 33.0. The zero-order valence-corrected chi connectivity index (χ0v) is 67.3. The van der Waals surface area contributed by atoms with Crippen molar-refractivity contribution in [3.63, 3.8) is 0 Å². The molecule has 0 heterocycles. The van der Waals surface area contributed by atoms with E-state index in [1.807, 2.05) is 0 Å². The van der Waals surface area contributed by atoms with Gasteiger partial charge in [-0.1, -0.05) is 375 Å². The third-order valence-electron chi connectivity index (χ3n) is 19.0. The second-order valence-electron chi connectivity index (χ2n) is 30.1. The van der Waals surface area contributed by atoms with Crippen LogP contribution in [0.1, 0.15) is 427 Å². The first-order valence-corrected chi connectivity index (χ1v) is 45.0. The number of phosphoric ester groups is 2. The van der Waals surface area contributed by atoms with Crippen molar-refractivity contribution >= 4 is 39.5 Å². The Labute approximate surface area is 613 Å². The molecular weight excluding hydrogens is 1310 g/mol. The van der Waals surface area contributed by atoms with Crippen LogP contribution < -0.4 is 0 Å². The molecule has 0 radical (unpaired) electrons. The van der Waals surface area contributed by atoms with Gasteiger partial charge in [-0.15, -0.1) is 0 Å². The normalized spacial score (nSPS) is 13.9. The first-order valence-electron chi connectivity index (χ1n) is 42.0. The lowest BCUT2D eigenvalue weighted by atomic mass is 10.0. The number of ether oxygens (including phenoxy) is 4. The number of esters is 4. The van der Waals surface area contributed by atoms with E-state index >= 15 is 0 Å². The Morgan fingerprint density at radius 3 is 0.680 bits per heavy atom. The lowest BCUT2D eigenvalue weighted by Crippen LogP contribution is -2.30. The average molecular weight is 1470 g/mol. The highest BCUT2D eigenvalue weighted by Crippen LogP contribution is 2.45. The van der Waals surface area contributed by atoms with Crippen LogP contribution in [0.3, 0.4) is 0 Å². The summed E-state index contributed by atoms with van der Waals surface area (Å²) < 4.78 is 68.7. The Bertz CT molecular complexity index is 1920. The molecule has 0 rings (SSSR count). The summed E-state index contributed by atoms with van der Waals surface area (Å²) in [7, 11) is -9.92. The van der Waals surface area contributed by atoms with Crippen molar-refractivity contribution in [3.05, 3.63) is 0 Å². The van der Waals surface area contributed by atoms with E-state index in [0.29, 0.717) is 25.7 Å². The topological polar surface area (TPSA) is 237 Å². The highest BCUT2D eigenvalue weighted by molar-refractivity contribution is 7.47. The van der Waals surface area contributed by atoms with Crippen molar-refractivity contribution in [1.82, 2.24) is 0 Å². The Morgan fingerprint density at radius 1 is 0.270 bits per heavy atom. The van der Waals surface area contributed by atoms with Crippen LogP contribution in [-0.4, -0.2) is 96.7 Å². The number of hydrogen-bond donors (Lipinski definition) is 3. The van der Waals surface area contributed by atoms with Gasteiger partial charge in [-0.25, -0.2) is 9.13 Å². The van der Waals surface area contributed by atoms with Crippen LogP contribution in [0.2, 0.25) is 0 Å². The van der Waals surface area contributed by atoms with Gasteiger partial charge < -0.3 is 33.8 Å². The molecule has 2 unspecified atom stereocenters. The third kappa shape index (κ3) is 74.3. The molecule has 0 fully saturated rings. The van der Waals surface area contributed by atoms with Gasteiger partial charge in [0.1, 0.15) is 19.3 Å². The van der Waals surface area contributed by atoms with Gasteiger partial charge in [0, 0.05) is 25.7 Å². The minimum absolute atomic E-state index is 0.108. The summed E-state index contributed by atoms with van der Waals surface area (Å²) in [5.74, 6) is -0.504. The Kier molecular flexibility index (Phi) is 71.2. The Hall–Kier alpha value is -1.94. The fourth-order valence-corrected chi connectivity index (χ4v) is 14.1. The summed E-state index contributed by atoms with van der Waals surface area (Å²) in [5.41, 5.74) is 0. The molecule has 17 nitrogen and oxygen atoms in total. The zero-order chi connectivity index (χ0) is 73.5. The molecule has 0 spiro atoms. The summed E-state index contributed by atoms with van der Waals surface area (Å²) in [4.78, 5) is 73.0. The maximum Gasteiger partial charge on any atom is 0.472 e. The number of aliphatic hydroxyl groups is 1. The molecule has 5 atom stereocenters. The number of hydrogen-bond acceptors (Lipinski definition) is 15. The summed E-state index contributed by atoms with van der Waals surface area (Å²) in [5, 5.41) is 10.6. The molecule has 19 heteroatoms. The van der Waals surface area contributed by atoms with Crippen LogP contribution in [0.25, 0.3) is 0 Å². The van der Waals surface area contributed by atoms with Crippen molar-refractivity contribution < 1.29 is 80.2 Å². The minimum Gasteiger partial charge on any atom is -0.462 e. The highest BCUT2D eigenvalue weighted by Gasteiger charge is 2.30. The van der Waals surface area contributed by atoms with Crippen LogP contribution in [-0.2, 0) is 65.4 Å². The monoisotopic (exact) mass is 1470 g/mol. The molecular formula is C81H158O17P2. The number of unbranched alkanes of at least 4 members (excludes halogenated alkanes) is 50. The minimum atomic E-state index is -4.96. The number of aliphatic hydroxyl groups excluding tert-OH is 1. The molecule has 100 heavy (non-hydrogen) atoms. The van der Waals surface area contributed by atoms with Gasteiger partial charge in [-0.05, 0) is 37.5 Å².